The van der Waals surface area contributed by atoms with Crippen LogP contribution in [0.3, 0.4) is 0 Å². The van der Waals surface area contributed by atoms with Gasteiger partial charge in [-0.15, -0.1) is 11.3 Å². The van der Waals surface area contributed by atoms with Gasteiger partial charge in [-0.2, -0.15) is 0 Å². The maximum Gasteiger partial charge on any atom is 0.183 e. The van der Waals surface area contributed by atoms with Crippen LogP contribution in [-0.4, -0.2) is 19.9 Å². The molecule has 0 radical (unpaired) electrons. The highest BCUT2D eigenvalue weighted by Gasteiger charge is 2.22. The zero-order chi connectivity index (χ0) is 13.5. The Balaban J connectivity index is 1.98. The van der Waals surface area contributed by atoms with Crippen molar-refractivity contribution in [3.8, 4) is 11.5 Å². The van der Waals surface area contributed by atoms with Crippen LogP contribution in [0.1, 0.15) is 16.9 Å². The zero-order valence-electron chi connectivity index (χ0n) is 10.6. The number of aromatic nitrogens is 4. The van der Waals surface area contributed by atoms with Gasteiger partial charge < -0.3 is 5.43 Å². The summed E-state index contributed by atoms with van der Waals surface area (Å²) >= 11 is 1.73. The van der Waals surface area contributed by atoms with E-state index in [9.17, 15) is 0 Å². The van der Waals surface area contributed by atoms with E-state index < -0.39 is 0 Å². The maximum absolute atomic E-state index is 5.64. The van der Waals surface area contributed by atoms with Crippen molar-refractivity contribution < 1.29 is 0 Å². The molecule has 0 atom stereocenters. The highest BCUT2D eigenvalue weighted by molar-refractivity contribution is 7.19. The minimum absolute atomic E-state index is 0.554. The van der Waals surface area contributed by atoms with Crippen molar-refractivity contribution in [2.24, 2.45) is 5.84 Å². The van der Waals surface area contributed by atoms with Crippen LogP contribution < -0.4 is 11.3 Å². The molecule has 3 heterocycles. The normalized spacial score (nSPS) is 13.7. The quantitative estimate of drug-likeness (QED) is 0.552. The Labute approximate surface area is 119 Å². The molecule has 3 aromatic rings. The van der Waals surface area contributed by atoms with Crippen molar-refractivity contribution in [1.29, 1.82) is 0 Å². The zero-order valence-corrected chi connectivity index (χ0v) is 11.4. The predicted octanol–water partition coefficient (Wildman–Crippen LogP) is 1.92. The molecule has 20 heavy (non-hydrogen) atoms. The number of anilines is 1. The molecule has 4 rings (SSSR count). The lowest BCUT2D eigenvalue weighted by molar-refractivity contribution is 0.917. The maximum atomic E-state index is 5.64. The van der Waals surface area contributed by atoms with E-state index in [4.69, 9.17) is 5.84 Å². The molecule has 1 aliphatic carbocycles. The van der Waals surface area contributed by atoms with Gasteiger partial charge in [0.2, 0.25) is 0 Å². The third-order valence-corrected chi connectivity index (χ3v) is 4.68. The number of hydrazine groups is 1. The lowest BCUT2D eigenvalue weighted by atomic mass is 10.2. The summed E-state index contributed by atoms with van der Waals surface area (Å²) in [6.45, 7) is 0. The van der Waals surface area contributed by atoms with Crippen LogP contribution in [0.5, 0.6) is 0 Å². The molecule has 7 heteroatoms. The first-order valence-electron chi connectivity index (χ1n) is 6.42. The molecule has 3 aromatic heterocycles. The lowest BCUT2D eigenvalue weighted by Gasteiger charge is -2.05. The molecule has 0 unspecified atom stereocenters. The molecule has 0 aliphatic heterocycles. The molecule has 1 aliphatic rings. The van der Waals surface area contributed by atoms with E-state index in [0.717, 1.165) is 23.1 Å². The Bertz CT molecular complexity index is 782. The van der Waals surface area contributed by atoms with E-state index in [1.165, 1.54) is 16.9 Å². The van der Waals surface area contributed by atoms with Crippen LogP contribution in [0, 0.1) is 0 Å². The van der Waals surface area contributed by atoms with Gasteiger partial charge in [0.25, 0.3) is 0 Å². The fraction of sp³-hybridized carbons (Fsp3) is 0.231. The fourth-order valence-corrected chi connectivity index (χ4v) is 3.89. The van der Waals surface area contributed by atoms with Gasteiger partial charge in [-0.25, -0.2) is 20.8 Å². The number of nitrogen functional groups attached to an aromatic ring is 1. The Morgan fingerprint density at radius 1 is 1.20 bits per heavy atom. The largest absolute Gasteiger partial charge is 0.308 e. The van der Waals surface area contributed by atoms with Gasteiger partial charge in [-0.1, -0.05) is 0 Å². The minimum atomic E-state index is 0.554. The van der Waals surface area contributed by atoms with Crippen LogP contribution in [0.25, 0.3) is 21.7 Å². The molecule has 0 saturated heterocycles. The highest BCUT2D eigenvalue weighted by Crippen LogP contribution is 2.39. The van der Waals surface area contributed by atoms with Gasteiger partial charge in [-0.05, 0) is 24.8 Å². The topological polar surface area (TPSA) is 89.6 Å². The molecule has 0 saturated carbocycles. The highest BCUT2D eigenvalue weighted by atomic mass is 32.1. The van der Waals surface area contributed by atoms with Crippen LogP contribution in [0.15, 0.2) is 18.6 Å². The summed E-state index contributed by atoms with van der Waals surface area (Å²) in [6.07, 6.45) is 8.32. The second-order valence-electron chi connectivity index (χ2n) is 4.67. The van der Waals surface area contributed by atoms with E-state index in [1.807, 2.05) is 0 Å². The molecule has 100 valence electrons. The Hall–Kier alpha value is -2.12. The van der Waals surface area contributed by atoms with E-state index in [1.54, 1.807) is 29.9 Å². The van der Waals surface area contributed by atoms with Crippen molar-refractivity contribution in [3.63, 3.8) is 0 Å². The van der Waals surface area contributed by atoms with Gasteiger partial charge in [0.05, 0.1) is 11.6 Å². The standard InChI is InChI=1S/C13H12N6S/c14-19-12-10-7-2-1-3-9(7)20-13(10)18-11(17-12)8-6-15-4-5-16-8/h4-6H,1-3,14H2,(H,17,18,19). The monoisotopic (exact) mass is 284 g/mol. The number of nitrogens with zero attached hydrogens (tertiary/aromatic N) is 4. The summed E-state index contributed by atoms with van der Waals surface area (Å²) in [5.41, 5.74) is 4.71. The molecule has 0 aromatic carbocycles. The average molecular weight is 284 g/mol. The third kappa shape index (κ3) is 1.67. The Morgan fingerprint density at radius 2 is 2.15 bits per heavy atom. The van der Waals surface area contributed by atoms with Crippen molar-refractivity contribution in [3.05, 3.63) is 29.0 Å². The van der Waals surface area contributed by atoms with Crippen molar-refractivity contribution in [1.82, 2.24) is 19.9 Å². The van der Waals surface area contributed by atoms with Gasteiger partial charge in [-0.3, -0.25) is 4.98 Å². The molecule has 0 fully saturated rings. The molecular formula is C13H12N6S. The van der Waals surface area contributed by atoms with Crippen LogP contribution in [0.2, 0.25) is 0 Å². The van der Waals surface area contributed by atoms with Crippen LogP contribution in [-0.2, 0) is 12.8 Å². The minimum Gasteiger partial charge on any atom is -0.308 e. The predicted molar refractivity (Wildman–Crippen MR) is 78.3 cm³/mol. The molecule has 3 N–H and O–H groups in total. The van der Waals surface area contributed by atoms with E-state index in [-0.39, 0.29) is 0 Å². The second kappa shape index (κ2) is 4.46. The van der Waals surface area contributed by atoms with Crippen molar-refractivity contribution in [2.45, 2.75) is 19.3 Å². The number of nitrogens with one attached hydrogen (secondary N) is 1. The van der Waals surface area contributed by atoms with Crippen LogP contribution >= 0.6 is 11.3 Å². The Morgan fingerprint density at radius 3 is 2.95 bits per heavy atom. The molecule has 0 bridgehead atoms. The summed E-state index contributed by atoms with van der Waals surface area (Å²) in [5.74, 6) is 6.87. The van der Waals surface area contributed by atoms with E-state index >= 15 is 0 Å². The first kappa shape index (κ1) is 11.7. The molecule has 6 nitrogen and oxygen atoms in total. The van der Waals surface area contributed by atoms with Gasteiger partial charge in [0.1, 0.15) is 10.5 Å². The summed E-state index contributed by atoms with van der Waals surface area (Å²) in [4.78, 5) is 19.8. The second-order valence-corrected chi connectivity index (χ2v) is 5.75. The summed E-state index contributed by atoms with van der Waals surface area (Å²) < 4.78 is 0. The number of thiophene rings is 1. The molecule has 0 amide bonds. The molecular weight excluding hydrogens is 272 g/mol. The number of nitrogens with two attached hydrogens (primary N) is 1. The van der Waals surface area contributed by atoms with Gasteiger partial charge in [0.15, 0.2) is 11.6 Å². The average Bonchev–Trinajstić information content (AvgIpc) is 3.07. The van der Waals surface area contributed by atoms with Crippen molar-refractivity contribution in [2.75, 3.05) is 5.43 Å². The first-order valence-corrected chi connectivity index (χ1v) is 7.24. The van der Waals surface area contributed by atoms with E-state index in [2.05, 4.69) is 25.4 Å². The Kier molecular flexibility index (Phi) is 2.61. The number of rotatable bonds is 2. The number of hydrogen-bond acceptors (Lipinski definition) is 7. The van der Waals surface area contributed by atoms with Crippen molar-refractivity contribution >= 4 is 27.4 Å². The van der Waals surface area contributed by atoms with E-state index in [0.29, 0.717) is 17.3 Å². The number of fused-ring (bicyclic) bond motifs is 3. The number of hydrogen-bond donors (Lipinski definition) is 2. The fourth-order valence-electron chi connectivity index (χ4n) is 2.63. The lowest BCUT2D eigenvalue weighted by Crippen LogP contribution is -2.10. The smallest absolute Gasteiger partial charge is 0.183 e. The summed E-state index contributed by atoms with van der Waals surface area (Å²) in [6, 6.07) is 0. The summed E-state index contributed by atoms with van der Waals surface area (Å²) in [5, 5.41) is 1.07. The SMILES string of the molecule is NNc1nc(-c2cnccn2)nc2sc3c(c12)CCC3. The molecule has 0 spiro atoms. The van der Waals surface area contributed by atoms with Crippen LogP contribution in [0.4, 0.5) is 5.82 Å². The third-order valence-electron chi connectivity index (χ3n) is 3.49. The summed E-state index contributed by atoms with van der Waals surface area (Å²) in [7, 11) is 0. The van der Waals surface area contributed by atoms with Gasteiger partial charge in [0, 0.05) is 17.3 Å². The van der Waals surface area contributed by atoms with Gasteiger partial charge >= 0.3 is 0 Å². The first-order chi connectivity index (χ1) is 9.86. The number of aryl methyl sites for hydroxylation is 2.